The molecule has 1 atom stereocenters. The zero-order chi connectivity index (χ0) is 27.5. The van der Waals surface area contributed by atoms with E-state index in [2.05, 4.69) is 22.0 Å². The molecule has 0 aliphatic carbocycles. The van der Waals surface area contributed by atoms with Gasteiger partial charge in [0.05, 0.1) is 24.2 Å². The van der Waals surface area contributed by atoms with Crippen LogP contribution in [0.4, 0.5) is 0 Å². The van der Waals surface area contributed by atoms with Crippen LogP contribution in [0.3, 0.4) is 0 Å². The number of imidazole rings is 1. The van der Waals surface area contributed by atoms with Gasteiger partial charge in [0.2, 0.25) is 0 Å². The van der Waals surface area contributed by atoms with E-state index in [1.165, 1.54) is 12.5 Å². The van der Waals surface area contributed by atoms with Gasteiger partial charge < -0.3 is 24.7 Å². The highest BCUT2D eigenvalue weighted by Gasteiger charge is 2.26. The van der Waals surface area contributed by atoms with Crippen molar-refractivity contribution in [2.24, 2.45) is 0 Å². The standard InChI is InChI=1S/C25H31N3O4.C2H2O4/c1-19(29)32-22(18-31-16-13-20-7-3-2-4-8-20)17-27-14-11-21(12-15-27)28-24-10-6-5-9-23(24)26-25(28)30;3-1(4)2(5)6/h2-10,21-22H,11-18H2,1H3,(H,26,30);(H,3,4)(H,5,6). The quantitative estimate of drug-likeness (QED) is 0.216. The summed E-state index contributed by atoms with van der Waals surface area (Å²) >= 11 is 0. The molecule has 1 fully saturated rings. The summed E-state index contributed by atoms with van der Waals surface area (Å²) in [6.45, 7) is 4.74. The molecule has 4 rings (SSSR count). The summed E-state index contributed by atoms with van der Waals surface area (Å²) in [6, 6.07) is 18.2. The maximum atomic E-state index is 12.5. The number of fused-ring (bicyclic) bond motifs is 1. The number of hydrogen-bond donors (Lipinski definition) is 3. The van der Waals surface area contributed by atoms with Crippen LogP contribution in [0, 0.1) is 0 Å². The zero-order valence-electron chi connectivity index (χ0n) is 21.2. The molecule has 2 heterocycles. The predicted molar refractivity (Wildman–Crippen MR) is 139 cm³/mol. The zero-order valence-corrected chi connectivity index (χ0v) is 21.2. The number of H-pyrrole nitrogens is 1. The van der Waals surface area contributed by atoms with Gasteiger partial charge in [-0.25, -0.2) is 14.4 Å². The lowest BCUT2D eigenvalue weighted by molar-refractivity contribution is -0.159. The number of carbonyl (C=O) groups is 3. The Bertz CT molecular complexity index is 1250. The molecular weight excluding hydrogens is 494 g/mol. The fraction of sp³-hybridized carbons (Fsp3) is 0.407. The summed E-state index contributed by atoms with van der Waals surface area (Å²) in [5.41, 5.74) is 3.02. The number of aliphatic carboxylic acids is 2. The number of piperidine rings is 1. The Morgan fingerprint density at radius 3 is 2.26 bits per heavy atom. The summed E-state index contributed by atoms with van der Waals surface area (Å²) in [4.78, 5) is 47.5. The second kappa shape index (κ2) is 14.1. The van der Waals surface area contributed by atoms with Crippen LogP contribution >= 0.6 is 0 Å². The summed E-state index contributed by atoms with van der Waals surface area (Å²) in [5, 5.41) is 14.8. The van der Waals surface area contributed by atoms with Gasteiger partial charge in [0.25, 0.3) is 0 Å². The second-order valence-corrected chi connectivity index (χ2v) is 9.00. The highest BCUT2D eigenvalue weighted by atomic mass is 16.6. The Kier molecular flexibility index (Phi) is 10.6. The molecule has 1 unspecified atom stereocenters. The van der Waals surface area contributed by atoms with E-state index in [9.17, 15) is 9.59 Å². The molecule has 0 saturated carbocycles. The van der Waals surface area contributed by atoms with Crippen molar-refractivity contribution in [2.75, 3.05) is 32.8 Å². The minimum Gasteiger partial charge on any atom is -0.473 e. The molecule has 204 valence electrons. The maximum Gasteiger partial charge on any atom is 0.414 e. The number of esters is 1. The number of hydrogen-bond acceptors (Lipinski definition) is 7. The number of rotatable bonds is 9. The number of aromatic nitrogens is 2. The van der Waals surface area contributed by atoms with Crippen LogP contribution in [-0.2, 0) is 30.3 Å². The first-order valence-corrected chi connectivity index (χ1v) is 12.4. The Morgan fingerprint density at radius 1 is 1.00 bits per heavy atom. The molecule has 11 heteroatoms. The van der Waals surface area contributed by atoms with Crippen molar-refractivity contribution in [2.45, 2.75) is 38.3 Å². The van der Waals surface area contributed by atoms with Gasteiger partial charge in [-0.15, -0.1) is 0 Å². The van der Waals surface area contributed by atoms with E-state index < -0.39 is 11.9 Å². The second-order valence-electron chi connectivity index (χ2n) is 9.00. The van der Waals surface area contributed by atoms with Crippen molar-refractivity contribution in [3.63, 3.8) is 0 Å². The molecule has 0 radical (unpaired) electrons. The van der Waals surface area contributed by atoms with Gasteiger partial charge in [-0.3, -0.25) is 14.3 Å². The Labute approximate surface area is 219 Å². The van der Waals surface area contributed by atoms with Crippen LogP contribution in [0.25, 0.3) is 11.0 Å². The number of carboxylic acid groups (broad SMARTS) is 2. The molecular formula is C27H33N3O8. The number of carboxylic acids is 2. The third-order valence-electron chi connectivity index (χ3n) is 6.21. The van der Waals surface area contributed by atoms with Crippen LogP contribution in [0.5, 0.6) is 0 Å². The highest BCUT2D eigenvalue weighted by molar-refractivity contribution is 6.27. The normalized spacial score (nSPS) is 14.9. The highest BCUT2D eigenvalue weighted by Crippen LogP contribution is 2.25. The Balaban J connectivity index is 0.000000599. The van der Waals surface area contributed by atoms with Crippen LogP contribution in [0.15, 0.2) is 59.4 Å². The fourth-order valence-electron chi connectivity index (χ4n) is 4.49. The Morgan fingerprint density at radius 2 is 1.63 bits per heavy atom. The number of ether oxygens (including phenoxy) is 2. The third kappa shape index (κ3) is 8.56. The van der Waals surface area contributed by atoms with Crippen LogP contribution in [0.2, 0.25) is 0 Å². The Hall–Kier alpha value is -3.96. The van der Waals surface area contributed by atoms with Crippen molar-refractivity contribution >= 4 is 28.9 Å². The van der Waals surface area contributed by atoms with Gasteiger partial charge in [-0.1, -0.05) is 42.5 Å². The molecule has 38 heavy (non-hydrogen) atoms. The van der Waals surface area contributed by atoms with Crippen molar-refractivity contribution < 1.29 is 34.1 Å². The van der Waals surface area contributed by atoms with Gasteiger partial charge in [0.15, 0.2) is 0 Å². The van der Waals surface area contributed by atoms with E-state index in [0.717, 1.165) is 43.4 Å². The lowest BCUT2D eigenvalue weighted by Crippen LogP contribution is -2.43. The number of nitrogens with zero attached hydrogens (tertiary/aromatic N) is 2. The molecule has 3 N–H and O–H groups in total. The smallest absolute Gasteiger partial charge is 0.414 e. The monoisotopic (exact) mass is 527 g/mol. The third-order valence-corrected chi connectivity index (χ3v) is 6.21. The molecule has 1 saturated heterocycles. The van der Waals surface area contributed by atoms with Crippen molar-refractivity contribution in [3.8, 4) is 0 Å². The SMILES string of the molecule is CC(=O)OC(COCCc1ccccc1)CN1CCC(n2c(=O)[nH]c3ccccc32)CC1.O=C(O)C(=O)O. The van der Waals surface area contributed by atoms with Crippen molar-refractivity contribution in [1.29, 1.82) is 0 Å². The fourth-order valence-corrected chi connectivity index (χ4v) is 4.49. The van der Waals surface area contributed by atoms with Gasteiger partial charge in [0, 0.05) is 32.6 Å². The first kappa shape index (κ1) is 28.6. The van der Waals surface area contributed by atoms with Crippen molar-refractivity contribution in [1.82, 2.24) is 14.5 Å². The molecule has 1 aromatic heterocycles. The largest absolute Gasteiger partial charge is 0.473 e. The molecule has 3 aromatic rings. The number of aromatic amines is 1. The minimum absolute atomic E-state index is 0.0470. The minimum atomic E-state index is -1.82. The molecule has 1 aliphatic rings. The summed E-state index contributed by atoms with van der Waals surface area (Å²) in [6.07, 6.45) is 2.29. The van der Waals surface area contributed by atoms with E-state index in [0.29, 0.717) is 19.8 Å². The first-order chi connectivity index (χ1) is 18.2. The summed E-state index contributed by atoms with van der Waals surface area (Å²) < 4.78 is 13.2. The predicted octanol–water partition coefficient (Wildman–Crippen LogP) is 2.31. The lowest BCUT2D eigenvalue weighted by Gasteiger charge is -2.34. The van der Waals surface area contributed by atoms with Gasteiger partial charge in [-0.2, -0.15) is 0 Å². The molecule has 1 aliphatic heterocycles. The number of nitrogens with one attached hydrogen (secondary N) is 1. The van der Waals surface area contributed by atoms with Crippen LogP contribution < -0.4 is 5.69 Å². The van der Waals surface area contributed by atoms with E-state index in [-0.39, 0.29) is 23.8 Å². The number of likely N-dealkylation sites (tertiary alicyclic amines) is 1. The van der Waals surface area contributed by atoms with Gasteiger partial charge in [0.1, 0.15) is 6.10 Å². The van der Waals surface area contributed by atoms with E-state index in [1.54, 1.807) is 0 Å². The van der Waals surface area contributed by atoms with E-state index in [4.69, 9.17) is 29.3 Å². The van der Waals surface area contributed by atoms with E-state index in [1.807, 2.05) is 47.0 Å². The summed E-state index contributed by atoms with van der Waals surface area (Å²) in [7, 11) is 0. The summed E-state index contributed by atoms with van der Waals surface area (Å²) in [5.74, 6) is -3.94. The van der Waals surface area contributed by atoms with Gasteiger partial charge in [-0.05, 0) is 37.0 Å². The maximum absolute atomic E-state index is 12.5. The van der Waals surface area contributed by atoms with Crippen molar-refractivity contribution in [3.05, 3.63) is 70.6 Å². The number of para-hydroxylation sites is 2. The number of carbonyl (C=O) groups excluding carboxylic acids is 1. The average molecular weight is 528 g/mol. The van der Waals surface area contributed by atoms with Gasteiger partial charge >= 0.3 is 23.6 Å². The molecule has 0 bridgehead atoms. The van der Waals surface area contributed by atoms with Crippen LogP contribution in [-0.4, -0.2) is 81.5 Å². The van der Waals surface area contributed by atoms with Crippen LogP contribution in [0.1, 0.15) is 31.4 Å². The first-order valence-electron chi connectivity index (χ1n) is 12.4. The molecule has 0 amide bonds. The molecule has 0 spiro atoms. The lowest BCUT2D eigenvalue weighted by atomic mass is 10.0. The molecule has 11 nitrogen and oxygen atoms in total. The van der Waals surface area contributed by atoms with E-state index >= 15 is 0 Å². The number of benzene rings is 2. The average Bonchev–Trinajstić information content (AvgIpc) is 3.23. The topological polar surface area (TPSA) is 151 Å². The molecule has 2 aromatic carbocycles.